The van der Waals surface area contributed by atoms with E-state index < -0.39 is 4.92 Å². The topological polar surface area (TPSA) is 95.1 Å². The first kappa shape index (κ1) is 13.2. The Morgan fingerprint density at radius 1 is 1.58 bits per heavy atom. The molecule has 1 aromatic heterocycles. The minimum Gasteiger partial charge on any atom is -0.362 e. The molecule has 1 fully saturated rings. The van der Waals surface area contributed by atoms with Crippen LogP contribution < -0.4 is 5.32 Å². The highest BCUT2D eigenvalue weighted by atomic mass is 16.6. The van der Waals surface area contributed by atoms with Crippen molar-refractivity contribution < 1.29 is 4.92 Å². The summed E-state index contributed by atoms with van der Waals surface area (Å²) in [6, 6.07) is 3.30. The number of nitro groups is 1. The number of pyridine rings is 1. The largest absolute Gasteiger partial charge is 0.362 e. The molecule has 1 N–H and O–H groups in total. The second kappa shape index (κ2) is 5.63. The van der Waals surface area contributed by atoms with Gasteiger partial charge in [-0.05, 0) is 33.0 Å². The van der Waals surface area contributed by atoms with Crippen molar-refractivity contribution in [1.82, 2.24) is 9.88 Å². The van der Waals surface area contributed by atoms with Crippen molar-refractivity contribution >= 4 is 11.5 Å². The van der Waals surface area contributed by atoms with E-state index in [1.807, 2.05) is 6.07 Å². The Balaban J connectivity index is 2.16. The molecular weight excluding hydrogens is 246 g/mol. The van der Waals surface area contributed by atoms with Gasteiger partial charge in [0, 0.05) is 18.3 Å². The van der Waals surface area contributed by atoms with Crippen LogP contribution in [0.3, 0.4) is 0 Å². The first-order valence-corrected chi connectivity index (χ1v) is 6.10. The SMILES string of the molecule is CN1CCC(Nc2ncc(C#N)cc2[N+](=O)[O-])CC1. The molecule has 0 amide bonds. The van der Waals surface area contributed by atoms with Gasteiger partial charge in [0.2, 0.25) is 5.82 Å². The number of nitriles is 1. The first-order valence-electron chi connectivity index (χ1n) is 6.10. The molecule has 0 spiro atoms. The number of rotatable bonds is 3. The minimum atomic E-state index is -0.509. The molecule has 7 nitrogen and oxygen atoms in total. The summed E-state index contributed by atoms with van der Waals surface area (Å²) >= 11 is 0. The minimum absolute atomic E-state index is 0.141. The van der Waals surface area contributed by atoms with Gasteiger partial charge in [0.05, 0.1) is 10.5 Å². The quantitative estimate of drug-likeness (QED) is 0.652. The number of hydrogen-bond acceptors (Lipinski definition) is 6. The van der Waals surface area contributed by atoms with E-state index in [0.717, 1.165) is 25.9 Å². The summed E-state index contributed by atoms with van der Waals surface area (Å²) in [5.41, 5.74) is 0.0543. The molecule has 0 radical (unpaired) electrons. The zero-order chi connectivity index (χ0) is 13.8. The summed E-state index contributed by atoms with van der Waals surface area (Å²) < 4.78 is 0. The number of aromatic nitrogens is 1. The third kappa shape index (κ3) is 3.17. The Bertz CT molecular complexity index is 517. The Labute approximate surface area is 111 Å². The number of nitrogens with zero attached hydrogens (tertiary/aromatic N) is 4. The summed E-state index contributed by atoms with van der Waals surface area (Å²) in [6.45, 7) is 1.92. The van der Waals surface area contributed by atoms with Crippen LogP contribution in [0.25, 0.3) is 0 Å². The smallest absolute Gasteiger partial charge is 0.312 e. The van der Waals surface area contributed by atoms with Crippen molar-refractivity contribution in [3.63, 3.8) is 0 Å². The van der Waals surface area contributed by atoms with Crippen LogP contribution in [-0.2, 0) is 0 Å². The van der Waals surface area contributed by atoms with Crippen LogP contribution >= 0.6 is 0 Å². The number of anilines is 1. The fraction of sp³-hybridized carbons (Fsp3) is 0.500. The number of piperidine rings is 1. The highest BCUT2D eigenvalue weighted by Crippen LogP contribution is 2.25. The highest BCUT2D eigenvalue weighted by Gasteiger charge is 2.22. The van der Waals surface area contributed by atoms with Gasteiger partial charge in [0.1, 0.15) is 6.07 Å². The van der Waals surface area contributed by atoms with Crippen molar-refractivity contribution in [3.8, 4) is 6.07 Å². The van der Waals surface area contributed by atoms with Gasteiger partial charge in [0.15, 0.2) is 0 Å². The lowest BCUT2D eigenvalue weighted by Gasteiger charge is -2.29. The molecule has 1 aromatic rings. The molecule has 0 aliphatic carbocycles. The predicted molar refractivity (Wildman–Crippen MR) is 69.7 cm³/mol. The normalized spacial score (nSPS) is 16.8. The van der Waals surface area contributed by atoms with Gasteiger partial charge in [0.25, 0.3) is 0 Å². The van der Waals surface area contributed by atoms with Crippen LogP contribution in [0, 0.1) is 21.4 Å². The van der Waals surface area contributed by atoms with E-state index in [9.17, 15) is 10.1 Å². The molecule has 0 atom stereocenters. The molecule has 0 saturated carbocycles. The van der Waals surface area contributed by atoms with Crippen LogP contribution in [0.1, 0.15) is 18.4 Å². The average molecular weight is 261 g/mol. The van der Waals surface area contributed by atoms with Crippen molar-refractivity contribution in [1.29, 1.82) is 5.26 Å². The fourth-order valence-corrected chi connectivity index (χ4v) is 2.11. The molecule has 0 bridgehead atoms. The van der Waals surface area contributed by atoms with Gasteiger partial charge in [-0.2, -0.15) is 5.26 Å². The Morgan fingerprint density at radius 3 is 2.84 bits per heavy atom. The monoisotopic (exact) mass is 261 g/mol. The van der Waals surface area contributed by atoms with Crippen LogP contribution in [0.15, 0.2) is 12.3 Å². The molecule has 1 saturated heterocycles. The fourth-order valence-electron chi connectivity index (χ4n) is 2.11. The zero-order valence-corrected chi connectivity index (χ0v) is 10.7. The summed E-state index contributed by atoms with van der Waals surface area (Å²) in [7, 11) is 2.05. The standard InChI is InChI=1S/C12H15N5O2/c1-16-4-2-10(3-5-16)15-12-11(17(18)19)6-9(7-13)8-14-12/h6,8,10H,2-5H2,1H3,(H,14,15). The van der Waals surface area contributed by atoms with Crippen molar-refractivity contribution in [2.45, 2.75) is 18.9 Å². The lowest BCUT2D eigenvalue weighted by Crippen LogP contribution is -2.37. The summed E-state index contributed by atoms with van der Waals surface area (Å²) in [6.07, 6.45) is 3.20. The zero-order valence-electron chi connectivity index (χ0n) is 10.7. The molecule has 2 heterocycles. The second-order valence-corrected chi connectivity index (χ2v) is 4.68. The van der Waals surface area contributed by atoms with Gasteiger partial charge < -0.3 is 10.2 Å². The summed E-state index contributed by atoms with van der Waals surface area (Å²) in [4.78, 5) is 16.7. The molecule has 7 heteroatoms. The molecule has 0 unspecified atom stereocenters. The van der Waals surface area contributed by atoms with Crippen LogP contribution in [-0.4, -0.2) is 41.0 Å². The first-order chi connectivity index (χ1) is 9.10. The van der Waals surface area contributed by atoms with E-state index in [4.69, 9.17) is 5.26 Å². The van der Waals surface area contributed by atoms with Gasteiger partial charge in [-0.3, -0.25) is 10.1 Å². The molecule has 0 aromatic carbocycles. The highest BCUT2D eigenvalue weighted by molar-refractivity contribution is 5.58. The van der Waals surface area contributed by atoms with Gasteiger partial charge in [-0.1, -0.05) is 0 Å². The van der Waals surface area contributed by atoms with E-state index in [1.165, 1.54) is 12.3 Å². The van der Waals surface area contributed by atoms with Gasteiger partial charge in [-0.15, -0.1) is 0 Å². The molecular formula is C12H15N5O2. The maximum absolute atomic E-state index is 11.0. The van der Waals surface area contributed by atoms with E-state index in [1.54, 1.807) is 0 Å². The van der Waals surface area contributed by atoms with Gasteiger partial charge in [-0.25, -0.2) is 4.98 Å². The third-order valence-corrected chi connectivity index (χ3v) is 3.25. The van der Waals surface area contributed by atoms with E-state index in [0.29, 0.717) is 0 Å². The Morgan fingerprint density at radius 2 is 2.26 bits per heavy atom. The Hall–Kier alpha value is -2.20. The second-order valence-electron chi connectivity index (χ2n) is 4.68. The molecule has 1 aliphatic rings. The lowest BCUT2D eigenvalue weighted by molar-refractivity contribution is -0.384. The summed E-state index contributed by atoms with van der Waals surface area (Å²) in [5.74, 6) is 0.249. The maximum atomic E-state index is 11.0. The molecule has 100 valence electrons. The van der Waals surface area contributed by atoms with Crippen LogP contribution in [0.4, 0.5) is 11.5 Å². The van der Waals surface area contributed by atoms with Crippen LogP contribution in [0.5, 0.6) is 0 Å². The number of hydrogen-bond donors (Lipinski definition) is 1. The van der Waals surface area contributed by atoms with Crippen molar-refractivity contribution in [3.05, 3.63) is 27.9 Å². The maximum Gasteiger partial charge on any atom is 0.312 e. The molecule has 1 aliphatic heterocycles. The van der Waals surface area contributed by atoms with E-state index in [2.05, 4.69) is 22.2 Å². The average Bonchev–Trinajstić information content (AvgIpc) is 2.41. The summed E-state index contributed by atoms with van der Waals surface area (Å²) in [5, 5.41) is 22.9. The molecule has 19 heavy (non-hydrogen) atoms. The number of nitrogens with one attached hydrogen (secondary N) is 1. The van der Waals surface area contributed by atoms with Crippen LogP contribution in [0.2, 0.25) is 0 Å². The molecule has 2 rings (SSSR count). The number of likely N-dealkylation sites (tertiary alicyclic amines) is 1. The van der Waals surface area contributed by atoms with Crippen molar-refractivity contribution in [2.75, 3.05) is 25.5 Å². The van der Waals surface area contributed by atoms with E-state index >= 15 is 0 Å². The van der Waals surface area contributed by atoms with Gasteiger partial charge >= 0.3 is 5.69 Å². The predicted octanol–water partition coefficient (Wildman–Crippen LogP) is 1.37. The Kier molecular flexibility index (Phi) is 3.92. The van der Waals surface area contributed by atoms with Crippen molar-refractivity contribution in [2.24, 2.45) is 0 Å². The third-order valence-electron chi connectivity index (χ3n) is 3.25. The van der Waals surface area contributed by atoms with E-state index in [-0.39, 0.29) is 23.1 Å². The lowest BCUT2D eigenvalue weighted by atomic mass is 10.1.